The molecule has 0 bridgehead atoms. The SMILES string of the molecule is CCCCCCCC/C=C\CCCCCCCC(=O)OC[C@H](COP(=O)(O)OC[C@@H](O)COP(=O)(O)O)OC(=O)CCCCCCC/C=C\C=C\C(=O)CCCCC. The molecule has 16 heteroatoms. The van der Waals surface area contributed by atoms with E-state index in [1.54, 1.807) is 12.2 Å². The summed E-state index contributed by atoms with van der Waals surface area (Å²) < 4.78 is 47.7. The molecule has 0 aromatic carbocycles. The first-order valence-corrected chi connectivity index (χ1v) is 24.7. The molecule has 0 aromatic heterocycles. The lowest BCUT2D eigenvalue weighted by Gasteiger charge is -2.20. The number of esters is 2. The van der Waals surface area contributed by atoms with Gasteiger partial charge in [-0.15, -0.1) is 0 Å². The van der Waals surface area contributed by atoms with E-state index in [9.17, 15) is 33.5 Å². The Labute approximate surface area is 348 Å². The molecule has 338 valence electrons. The first kappa shape index (κ1) is 56.0. The van der Waals surface area contributed by atoms with Crippen LogP contribution in [0.3, 0.4) is 0 Å². The fraction of sp³-hybridized carbons (Fsp3) is 0.786. The van der Waals surface area contributed by atoms with Crippen LogP contribution in [-0.4, -0.2) is 76.1 Å². The van der Waals surface area contributed by atoms with Crippen LogP contribution in [0.5, 0.6) is 0 Å². The first-order chi connectivity index (χ1) is 27.8. The van der Waals surface area contributed by atoms with Gasteiger partial charge in [-0.25, -0.2) is 9.13 Å². The number of hydrogen-bond donors (Lipinski definition) is 4. The zero-order valence-corrected chi connectivity index (χ0v) is 37.2. The molecule has 0 amide bonds. The van der Waals surface area contributed by atoms with Crippen LogP contribution in [0.1, 0.15) is 174 Å². The van der Waals surface area contributed by atoms with Crippen molar-refractivity contribution in [1.82, 2.24) is 0 Å². The quantitative estimate of drug-likeness (QED) is 0.0112. The number of aliphatic hydroxyl groups is 1. The Morgan fingerprint density at radius 2 is 1.00 bits per heavy atom. The molecule has 58 heavy (non-hydrogen) atoms. The number of ether oxygens (including phenoxy) is 2. The molecule has 0 spiro atoms. The molecule has 0 radical (unpaired) electrons. The molecule has 14 nitrogen and oxygen atoms in total. The van der Waals surface area contributed by atoms with Crippen LogP contribution >= 0.6 is 15.6 Å². The van der Waals surface area contributed by atoms with Gasteiger partial charge in [0.05, 0.1) is 19.8 Å². The van der Waals surface area contributed by atoms with E-state index in [1.807, 2.05) is 12.2 Å². The van der Waals surface area contributed by atoms with Gasteiger partial charge >= 0.3 is 27.6 Å². The lowest BCUT2D eigenvalue weighted by Crippen LogP contribution is -2.30. The average Bonchev–Trinajstić information content (AvgIpc) is 3.17. The molecule has 1 unspecified atom stereocenters. The largest absolute Gasteiger partial charge is 0.472 e. The van der Waals surface area contributed by atoms with E-state index < -0.39 is 66.2 Å². The summed E-state index contributed by atoms with van der Waals surface area (Å²) in [7, 11) is -9.70. The number of rotatable bonds is 41. The van der Waals surface area contributed by atoms with E-state index in [4.69, 9.17) is 23.8 Å². The summed E-state index contributed by atoms with van der Waals surface area (Å²) in [6.07, 6.45) is 32.6. The van der Waals surface area contributed by atoms with E-state index >= 15 is 0 Å². The van der Waals surface area contributed by atoms with Gasteiger partial charge < -0.3 is 29.3 Å². The highest BCUT2D eigenvalue weighted by atomic mass is 31.2. The highest BCUT2D eigenvalue weighted by molar-refractivity contribution is 7.47. The minimum atomic E-state index is -4.87. The van der Waals surface area contributed by atoms with Crippen LogP contribution in [-0.2, 0) is 46.6 Å². The van der Waals surface area contributed by atoms with E-state index in [-0.39, 0.29) is 18.6 Å². The van der Waals surface area contributed by atoms with Gasteiger partial charge in [-0.3, -0.25) is 28.0 Å². The number of carbonyl (C=O) groups is 3. The highest BCUT2D eigenvalue weighted by Gasteiger charge is 2.28. The normalized spacial score (nSPS) is 14.3. The van der Waals surface area contributed by atoms with Gasteiger partial charge in [-0.05, 0) is 63.9 Å². The average molecular weight is 867 g/mol. The van der Waals surface area contributed by atoms with E-state index in [0.717, 1.165) is 89.9 Å². The number of allylic oxidation sites excluding steroid dienone is 6. The van der Waals surface area contributed by atoms with Gasteiger partial charge in [-0.2, -0.15) is 0 Å². The Morgan fingerprint density at radius 1 is 0.534 bits per heavy atom. The van der Waals surface area contributed by atoms with Crippen molar-refractivity contribution in [2.45, 2.75) is 187 Å². The highest BCUT2D eigenvalue weighted by Crippen LogP contribution is 2.43. The molecular formula is C42H76O14P2. The van der Waals surface area contributed by atoms with Crippen molar-refractivity contribution >= 4 is 33.4 Å². The van der Waals surface area contributed by atoms with Gasteiger partial charge in [0.25, 0.3) is 0 Å². The van der Waals surface area contributed by atoms with Gasteiger partial charge in [0.15, 0.2) is 11.9 Å². The van der Waals surface area contributed by atoms with Crippen LogP contribution in [0.25, 0.3) is 0 Å². The molecule has 0 aliphatic heterocycles. The van der Waals surface area contributed by atoms with Crippen molar-refractivity contribution in [2.75, 3.05) is 26.4 Å². The minimum Gasteiger partial charge on any atom is -0.462 e. The van der Waals surface area contributed by atoms with Gasteiger partial charge in [0, 0.05) is 19.3 Å². The van der Waals surface area contributed by atoms with Crippen LogP contribution in [0.4, 0.5) is 0 Å². The third-order valence-corrected chi connectivity index (χ3v) is 10.4. The lowest BCUT2D eigenvalue weighted by molar-refractivity contribution is -0.161. The summed E-state index contributed by atoms with van der Waals surface area (Å²) in [5, 5.41) is 9.74. The number of hydrogen-bond acceptors (Lipinski definition) is 11. The monoisotopic (exact) mass is 866 g/mol. The summed E-state index contributed by atoms with van der Waals surface area (Å²) in [6.45, 7) is 1.54. The second-order valence-corrected chi connectivity index (χ2v) is 17.3. The predicted molar refractivity (Wildman–Crippen MR) is 226 cm³/mol. The molecule has 0 fully saturated rings. The number of carbonyl (C=O) groups excluding carboxylic acids is 3. The number of ketones is 1. The zero-order chi connectivity index (χ0) is 43.2. The van der Waals surface area contributed by atoms with Crippen molar-refractivity contribution in [1.29, 1.82) is 0 Å². The van der Waals surface area contributed by atoms with Crippen LogP contribution in [0, 0.1) is 0 Å². The van der Waals surface area contributed by atoms with E-state index in [1.165, 1.54) is 38.5 Å². The molecule has 3 atom stereocenters. The molecule has 4 N–H and O–H groups in total. The summed E-state index contributed by atoms with van der Waals surface area (Å²) in [6, 6.07) is 0. The Kier molecular flexibility index (Phi) is 36.7. The smallest absolute Gasteiger partial charge is 0.462 e. The number of unbranched alkanes of at least 4 members (excludes halogenated alkanes) is 18. The van der Waals surface area contributed by atoms with Crippen molar-refractivity contribution in [3.05, 3.63) is 36.5 Å². The van der Waals surface area contributed by atoms with E-state index in [2.05, 4.69) is 35.0 Å². The third-order valence-electron chi connectivity index (χ3n) is 8.97. The maximum atomic E-state index is 12.6. The molecule has 0 saturated heterocycles. The van der Waals surface area contributed by atoms with Gasteiger partial charge in [-0.1, -0.05) is 128 Å². The molecule has 0 aliphatic rings. The van der Waals surface area contributed by atoms with Crippen LogP contribution < -0.4 is 0 Å². The Balaban J connectivity index is 4.60. The number of phosphoric acid groups is 2. The molecule has 0 rings (SSSR count). The molecular weight excluding hydrogens is 790 g/mol. The molecule has 0 saturated carbocycles. The lowest BCUT2D eigenvalue weighted by atomic mass is 10.1. The van der Waals surface area contributed by atoms with Crippen LogP contribution in [0.15, 0.2) is 36.5 Å². The van der Waals surface area contributed by atoms with E-state index in [0.29, 0.717) is 19.3 Å². The topological polar surface area (TPSA) is 212 Å². The fourth-order valence-corrected chi connectivity index (χ4v) is 6.77. The van der Waals surface area contributed by atoms with Crippen molar-refractivity contribution in [3.63, 3.8) is 0 Å². The summed E-state index contributed by atoms with van der Waals surface area (Å²) in [5.41, 5.74) is 0. The second kappa shape index (κ2) is 38.0. The van der Waals surface area contributed by atoms with Crippen molar-refractivity contribution in [3.8, 4) is 0 Å². The Hall–Kier alpha value is -1.99. The Bertz CT molecular complexity index is 1230. The molecule has 0 aromatic rings. The second-order valence-electron chi connectivity index (χ2n) is 14.6. The molecule has 0 aliphatic carbocycles. The summed E-state index contributed by atoms with van der Waals surface area (Å²) in [4.78, 5) is 64.4. The van der Waals surface area contributed by atoms with Crippen LogP contribution in [0.2, 0.25) is 0 Å². The van der Waals surface area contributed by atoms with Gasteiger partial charge in [0.2, 0.25) is 0 Å². The standard InChI is InChI=1S/C42H76O14P2/c1-3-5-7-8-9-10-11-12-13-14-15-18-21-24-28-32-41(45)52-36-40(37-55-58(50,51)54-35-39(44)34-53-57(47,48)49)56-42(46)33-29-25-22-19-16-17-20-23-27-31-38(43)30-26-6-4-2/h12-13,20,23,27,31,39-40,44H,3-11,14-19,21-22,24-26,28-30,32-37H2,1-2H3,(H,50,51)(H2,47,48,49)/b13-12-,23-20-,31-27+/t39-,40+/m0/s1. The van der Waals surface area contributed by atoms with Gasteiger partial charge in [0.1, 0.15) is 12.7 Å². The van der Waals surface area contributed by atoms with Crippen molar-refractivity contribution < 1.29 is 66.3 Å². The maximum Gasteiger partial charge on any atom is 0.472 e. The maximum absolute atomic E-state index is 12.6. The predicted octanol–water partition coefficient (Wildman–Crippen LogP) is 10.1. The fourth-order valence-electron chi connectivity index (χ4n) is 5.62. The minimum absolute atomic E-state index is 0.0788. The summed E-state index contributed by atoms with van der Waals surface area (Å²) in [5.74, 6) is -0.956. The Morgan fingerprint density at radius 3 is 1.59 bits per heavy atom. The first-order valence-electron chi connectivity index (χ1n) is 21.6. The summed E-state index contributed by atoms with van der Waals surface area (Å²) >= 11 is 0. The number of aliphatic hydroxyl groups excluding tert-OH is 1. The third kappa shape index (κ3) is 40.8. The number of phosphoric ester groups is 2. The zero-order valence-electron chi connectivity index (χ0n) is 35.4. The van der Waals surface area contributed by atoms with Crippen molar-refractivity contribution in [2.24, 2.45) is 0 Å². The molecule has 0 heterocycles.